The van der Waals surface area contributed by atoms with Crippen LogP contribution in [0.1, 0.15) is 38.5 Å². The molecule has 0 amide bonds. The summed E-state index contributed by atoms with van der Waals surface area (Å²) < 4.78 is 0. The van der Waals surface area contributed by atoms with Gasteiger partial charge in [0.25, 0.3) is 0 Å². The van der Waals surface area contributed by atoms with E-state index < -0.39 is 0 Å². The lowest BCUT2D eigenvalue weighted by Gasteiger charge is -2.25. The minimum Gasteiger partial charge on any atom is -0.294 e. The summed E-state index contributed by atoms with van der Waals surface area (Å²) in [6, 6.07) is 0. The molecule has 3 aliphatic carbocycles. The van der Waals surface area contributed by atoms with Crippen LogP contribution in [0.2, 0.25) is 0 Å². The summed E-state index contributed by atoms with van der Waals surface area (Å²) in [6.45, 7) is 0. The monoisotopic (exact) mass is 162 g/mol. The predicted octanol–water partition coefficient (Wildman–Crippen LogP) is 2.47. The number of fused-ring (bicyclic) bond motifs is 2. The molecule has 64 valence electrons. The van der Waals surface area contributed by atoms with Gasteiger partial charge in [-0.1, -0.05) is 12.0 Å². The highest BCUT2D eigenvalue weighted by atomic mass is 16.1. The quantitative estimate of drug-likeness (QED) is 0.534. The van der Waals surface area contributed by atoms with Crippen LogP contribution in [0.15, 0.2) is 11.6 Å². The van der Waals surface area contributed by atoms with Gasteiger partial charge in [-0.15, -0.1) is 0 Å². The Hall–Kier alpha value is -0.590. The SMILES string of the molecule is O=C1C=C2CCCCC2C12CC2. The third-order valence-electron chi connectivity index (χ3n) is 3.92. The lowest BCUT2D eigenvalue weighted by Crippen LogP contribution is -2.20. The van der Waals surface area contributed by atoms with Gasteiger partial charge in [0.05, 0.1) is 0 Å². The van der Waals surface area contributed by atoms with Gasteiger partial charge in [-0.2, -0.15) is 0 Å². The summed E-state index contributed by atoms with van der Waals surface area (Å²) in [7, 11) is 0. The Bertz CT molecular complexity index is 271. The summed E-state index contributed by atoms with van der Waals surface area (Å²) >= 11 is 0. The van der Waals surface area contributed by atoms with Crippen molar-refractivity contribution in [3.05, 3.63) is 11.6 Å². The molecule has 0 heterocycles. The van der Waals surface area contributed by atoms with Crippen LogP contribution in [-0.2, 0) is 4.79 Å². The van der Waals surface area contributed by atoms with Crippen molar-refractivity contribution in [1.82, 2.24) is 0 Å². The van der Waals surface area contributed by atoms with E-state index >= 15 is 0 Å². The van der Waals surface area contributed by atoms with Gasteiger partial charge in [0.15, 0.2) is 5.78 Å². The van der Waals surface area contributed by atoms with E-state index in [9.17, 15) is 4.79 Å². The Morgan fingerprint density at radius 3 is 2.92 bits per heavy atom. The van der Waals surface area contributed by atoms with Crippen LogP contribution in [-0.4, -0.2) is 5.78 Å². The molecule has 12 heavy (non-hydrogen) atoms. The van der Waals surface area contributed by atoms with Gasteiger partial charge in [-0.3, -0.25) is 4.79 Å². The maximum atomic E-state index is 11.6. The Kier molecular flexibility index (Phi) is 1.15. The highest BCUT2D eigenvalue weighted by Gasteiger charge is 2.58. The first kappa shape index (κ1) is 6.88. The van der Waals surface area contributed by atoms with Crippen LogP contribution >= 0.6 is 0 Å². The molecule has 1 heteroatoms. The number of rotatable bonds is 0. The Balaban J connectivity index is 1.98. The highest BCUT2D eigenvalue weighted by molar-refractivity contribution is 6.00. The Labute approximate surface area is 72.8 Å². The van der Waals surface area contributed by atoms with Crippen LogP contribution in [0, 0.1) is 11.3 Å². The zero-order valence-electron chi connectivity index (χ0n) is 7.31. The molecule has 1 atom stereocenters. The van der Waals surface area contributed by atoms with Crippen molar-refractivity contribution < 1.29 is 4.79 Å². The van der Waals surface area contributed by atoms with Crippen molar-refractivity contribution in [2.75, 3.05) is 0 Å². The Morgan fingerprint density at radius 2 is 2.17 bits per heavy atom. The molecule has 0 aromatic rings. The second-order valence-electron chi connectivity index (χ2n) is 4.54. The van der Waals surface area contributed by atoms with Crippen molar-refractivity contribution >= 4 is 5.78 Å². The fourth-order valence-electron chi connectivity index (χ4n) is 3.05. The molecule has 1 spiro atoms. The third kappa shape index (κ3) is 0.675. The molecule has 3 aliphatic rings. The molecular formula is C11H14O. The summed E-state index contributed by atoms with van der Waals surface area (Å²) in [4.78, 5) is 11.6. The fraction of sp³-hybridized carbons (Fsp3) is 0.727. The van der Waals surface area contributed by atoms with E-state index in [0.29, 0.717) is 11.7 Å². The molecule has 2 saturated carbocycles. The molecule has 0 N–H and O–H groups in total. The standard InChI is InChI=1S/C11H14O/c12-10-7-8-3-1-2-4-9(8)11(10)5-6-11/h7,9H,1-6H2. The zero-order chi connectivity index (χ0) is 8.18. The van der Waals surface area contributed by atoms with Crippen molar-refractivity contribution in [2.45, 2.75) is 38.5 Å². The molecule has 2 fully saturated rings. The largest absolute Gasteiger partial charge is 0.294 e. The molecule has 0 saturated heterocycles. The van der Waals surface area contributed by atoms with E-state index in [1.165, 1.54) is 44.1 Å². The molecule has 1 unspecified atom stereocenters. The van der Waals surface area contributed by atoms with Crippen molar-refractivity contribution in [3.8, 4) is 0 Å². The van der Waals surface area contributed by atoms with Gasteiger partial charge in [0, 0.05) is 5.41 Å². The maximum Gasteiger partial charge on any atom is 0.162 e. The number of carbonyl (C=O) groups excluding carboxylic acids is 1. The minimum atomic E-state index is 0.162. The van der Waals surface area contributed by atoms with E-state index in [4.69, 9.17) is 0 Å². The fourth-order valence-corrected chi connectivity index (χ4v) is 3.05. The van der Waals surface area contributed by atoms with Crippen LogP contribution in [0.3, 0.4) is 0 Å². The zero-order valence-corrected chi connectivity index (χ0v) is 7.31. The number of allylic oxidation sites excluding steroid dienone is 2. The first-order valence-corrected chi connectivity index (χ1v) is 5.08. The number of ketones is 1. The molecule has 0 aromatic heterocycles. The second kappa shape index (κ2) is 2.01. The van der Waals surface area contributed by atoms with Crippen LogP contribution < -0.4 is 0 Å². The summed E-state index contributed by atoms with van der Waals surface area (Å²) in [5.74, 6) is 1.14. The van der Waals surface area contributed by atoms with Crippen molar-refractivity contribution in [3.63, 3.8) is 0 Å². The molecule has 0 aromatic carbocycles. The maximum absolute atomic E-state index is 11.6. The van der Waals surface area contributed by atoms with Crippen molar-refractivity contribution in [1.29, 1.82) is 0 Å². The number of hydrogen-bond donors (Lipinski definition) is 0. The first-order valence-electron chi connectivity index (χ1n) is 5.08. The van der Waals surface area contributed by atoms with E-state index in [2.05, 4.69) is 0 Å². The van der Waals surface area contributed by atoms with E-state index in [0.717, 1.165) is 0 Å². The van der Waals surface area contributed by atoms with Crippen LogP contribution in [0.4, 0.5) is 0 Å². The smallest absolute Gasteiger partial charge is 0.162 e. The lowest BCUT2D eigenvalue weighted by molar-refractivity contribution is -0.119. The lowest BCUT2D eigenvalue weighted by atomic mass is 9.78. The van der Waals surface area contributed by atoms with Crippen LogP contribution in [0.5, 0.6) is 0 Å². The number of carbonyl (C=O) groups is 1. The summed E-state index contributed by atoms with van der Waals surface area (Å²) in [6.07, 6.45) is 9.47. The molecule has 0 radical (unpaired) electrons. The average Bonchev–Trinajstić information content (AvgIpc) is 2.80. The van der Waals surface area contributed by atoms with Crippen molar-refractivity contribution in [2.24, 2.45) is 11.3 Å². The van der Waals surface area contributed by atoms with E-state index in [1.54, 1.807) is 0 Å². The van der Waals surface area contributed by atoms with E-state index in [1.807, 2.05) is 6.08 Å². The van der Waals surface area contributed by atoms with Gasteiger partial charge in [0.1, 0.15) is 0 Å². The Morgan fingerprint density at radius 1 is 1.33 bits per heavy atom. The molecule has 0 bridgehead atoms. The van der Waals surface area contributed by atoms with E-state index in [-0.39, 0.29) is 5.41 Å². The predicted molar refractivity (Wildman–Crippen MR) is 46.7 cm³/mol. The minimum absolute atomic E-state index is 0.162. The topological polar surface area (TPSA) is 17.1 Å². The van der Waals surface area contributed by atoms with Gasteiger partial charge < -0.3 is 0 Å². The molecule has 1 nitrogen and oxygen atoms in total. The van der Waals surface area contributed by atoms with Gasteiger partial charge >= 0.3 is 0 Å². The highest BCUT2D eigenvalue weighted by Crippen LogP contribution is 2.62. The van der Waals surface area contributed by atoms with Gasteiger partial charge in [-0.05, 0) is 44.1 Å². The summed E-state index contributed by atoms with van der Waals surface area (Å²) in [5, 5.41) is 0. The molecule has 3 rings (SSSR count). The van der Waals surface area contributed by atoms with Gasteiger partial charge in [0.2, 0.25) is 0 Å². The molecular weight excluding hydrogens is 148 g/mol. The second-order valence-corrected chi connectivity index (χ2v) is 4.54. The summed E-state index contributed by atoms with van der Waals surface area (Å²) in [5.41, 5.74) is 1.65. The normalized spacial score (nSPS) is 36.5. The third-order valence-corrected chi connectivity index (χ3v) is 3.92. The first-order chi connectivity index (χ1) is 5.83. The number of hydrogen-bond acceptors (Lipinski definition) is 1. The molecule has 0 aliphatic heterocycles. The average molecular weight is 162 g/mol. The van der Waals surface area contributed by atoms with Crippen LogP contribution in [0.25, 0.3) is 0 Å². The van der Waals surface area contributed by atoms with Gasteiger partial charge in [-0.25, -0.2) is 0 Å².